The highest BCUT2D eigenvalue weighted by molar-refractivity contribution is 5.28. The molecule has 0 radical (unpaired) electrons. The SMILES string of the molecule is Cc1ccccc1C(N)C1CCCCC1. The van der Waals surface area contributed by atoms with Gasteiger partial charge in [-0.25, -0.2) is 0 Å². The summed E-state index contributed by atoms with van der Waals surface area (Å²) < 4.78 is 0. The van der Waals surface area contributed by atoms with Crippen molar-refractivity contribution >= 4 is 0 Å². The van der Waals surface area contributed by atoms with Gasteiger partial charge in [-0.05, 0) is 36.8 Å². The van der Waals surface area contributed by atoms with Gasteiger partial charge in [0.2, 0.25) is 0 Å². The fraction of sp³-hybridized carbons (Fsp3) is 0.571. The number of hydrogen-bond acceptors (Lipinski definition) is 1. The quantitative estimate of drug-likeness (QED) is 0.781. The fourth-order valence-corrected chi connectivity index (χ4v) is 2.71. The van der Waals surface area contributed by atoms with Crippen molar-refractivity contribution in [2.24, 2.45) is 11.7 Å². The molecule has 1 fully saturated rings. The van der Waals surface area contributed by atoms with Gasteiger partial charge in [-0.3, -0.25) is 0 Å². The molecule has 0 amide bonds. The topological polar surface area (TPSA) is 26.0 Å². The van der Waals surface area contributed by atoms with E-state index in [1.54, 1.807) is 0 Å². The van der Waals surface area contributed by atoms with Crippen LogP contribution >= 0.6 is 0 Å². The van der Waals surface area contributed by atoms with E-state index in [9.17, 15) is 0 Å². The molecule has 15 heavy (non-hydrogen) atoms. The van der Waals surface area contributed by atoms with Crippen molar-refractivity contribution in [3.05, 3.63) is 35.4 Å². The van der Waals surface area contributed by atoms with Crippen molar-refractivity contribution in [2.45, 2.75) is 45.1 Å². The first-order valence-electron chi connectivity index (χ1n) is 6.10. The Morgan fingerprint density at radius 1 is 1.13 bits per heavy atom. The van der Waals surface area contributed by atoms with Gasteiger partial charge in [0.05, 0.1) is 0 Å². The largest absolute Gasteiger partial charge is 0.324 e. The second kappa shape index (κ2) is 4.80. The first-order valence-corrected chi connectivity index (χ1v) is 6.10. The first kappa shape index (κ1) is 10.7. The zero-order valence-electron chi connectivity index (χ0n) is 9.58. The molecule has 0 heterocycles. The van der Waals surface area contributed by atoms with Gasteiger partial charge in [0, 0.05) is 6.04 Å². The molecule has 0 aromatic heterocycles. The maximum absolute atomic E-state index is 6.37. The van der Waals surface area contributed by atoms with Crippen molar-refractivity contribution in [2.75, 3.05) is 0 Å². The molecule has 1 aromatic carbocycles. The lowest BCUT2D eigenvalue weighted by atomic mass is 9.80. The zero-order chi connectivity index (χ0) is 10.7. The molecule has 1 saturated carbocycles. The van der Waals surface area contributed by atoms with Crippen LogP contribution in [0, 0.1) is 12.8 Å². The van der Waals surface area contributed by atoms with Crippen molar-refractivity contribution < 1.29 is 0 Å². The summed E-state index contributed by atoms with van der Waals surface area (Å²) in [6.07, 6.45) is 6.76. The summed E-state index contributed by atoms with van der Waals surface area (Å²) in [5.74, 6) is 0.708. The van der Waals surface area contributed by atoms with E-state index >= 15 is 0 Å². The van der Waals surface area contributed by atoms with Crippen LogP contribution in [0.25, 0.3) is 0 Å². The van der Waals surface area contributed by atoms with E-state index in [4.69, 9.17) is 5.73 Å². The smallest absolute Gasteiger partial charge is 0.0326 e. The van der Waals surface area contributed by atoms with E-state index < -0.39 is 0 Å². The lowest BCUT2D eigenvalue weighted by Crippen LogP contribution is -2.24. The molecule has 0 bridgehead atoms. The monoisotopic (exact) mass is 203 g/mol. The van der Waals surface area contributed by atoms with E-state index in [0.29, 0.717) is 5.92 Å². The van der Waals surface area contributed by atoms with Gasteiger partial charge in [-0.1, -0.05) is 43.5 Å². The van der Waals surface area contributed by atoms with Crippen molar-refractivity contribution in [1.82, 2.24) is 0 Å². The molecule has 1 aliphatic carbocycles. The molecule has 82 valence electrons. The molecule has 1 aliphatic rings. The van der Waals surface area contributed by atoms with E-state index in [-0.39, 0.29) is 6.04 Å². The van der Waals surface area contributed by atoms with Crippen LogP contribution in [0.15, 0.2) is 24.3 Å². The van der Waals surface area contributed by atoms with E-state index in [0.717, 1.165) is 0 Å². The second-order valence-electron chi connectivity index (χ2n) is 4.78. The van der Waals surface area contributed by atoms with Gasteiger partial charge >= 0.3 is 0 Å². The van der Waals surface area contributed by atoms with Crippen molar-refractivity contribution in [1.29, 1.82) is 0 Å². The molecule has 2 N–H and O–H groups in total. The summed E-state index contributed by atoms with van der Waals surface area (Å²) >= 11 is 0. The first-order chi connectivity index (χ1) is 7.29. The molecule has 1 heteroatoms. The van der Waals surface area contributed by atoms with Gasteiger partial charge in [-0.15, -0.1) is 0 Å². The Morgan fingerprint density at radius 3 is 2.47 bits per heavy atom. The minimum atomic E-state index is 0.256. The summed E-state index contributed by atoms with van der Waals surface area (Å²) in [4.78, 5) is 0. The third-order valence-electron chi connectivity index (χ3n) is 3.71. The van der Waals surface area contributed by atoms with E-state index in [2.05, 4.69) is 31.2 Å². The van der Waals surface area contributed by atoms with Gasteiger partial charge in [-0.2, -0.15) is 0 Å². The lowest BCUT2D eigenvalue weighted by Gasteiger charge is -2.28. The third-order valence-corrected chi connectivity index (χ3v) is 3.71. The Kier molecular flexibility index (Phi) is 3.42. The van der Waals surface area contributed by atoms with Crippen LogP contribution in [0.3, 0.4) is 0 Å². The van der Waals surface area contributed by atoms with E-state index in [1.807, 2.05) is 0 Å². The average Bonchev–Trinajstić information content (AvgIpc) is 2.30. The Hall–Kier alpha value is -0.820. The minimum Gasteiger partial charge on any atom is -0.324 e. The molecule has 1 nitrogen and oxygen atoms in total. The fourth-order valence-electron chi connectivity index (χ4n) is 2.71. The predicted molar refractivity (Wildman–Crippen MR) is 64.7 cm³/mol. The molecule has 2 rings (SSSR count). The van der Waals surface area contributed by atoms with Crippen LogP contribution in [0.1, 0.15) is 49.3 Å². The van der Waals surface area contributed by atoms with Crippen LogP contribution < -0.4 is 5.73 Å². The van der Waals surface area contributed by atoms with Crippen molar-refractivity contribution in [3.63, 3.8) is 0 Å². The third kappa shape index (κ3) is 2.40. The Labute approximate surface area is 92.7 Å². The Balaban J connectivity index is 2.12. The van der Waals surface area contributed by atoms with Gasteiger partial charge in [0.15, 0.2) is 0 Å². The summed E-state index contributed by atoms with van der Waals surface area (Å²) in [7, 11) is 0. The number of aryl methyl sites for hydroxylation is 1. The van der Waals surface area contributed by atoms with E-state index in [1.165, 1.54) is 43.2 Å². The standard InChI is InChI=1S/C14H21N/c1-11-7-5-6-10-13(11)14(15)12-8-3-2-4-9-12/h5-7,10,12,14H,2-4,8-9,15H2,1H3. The van der Waals surface area contributed by atoms with Crippen LogP contribution in [0.5, 0.6) is 0 Å². The Morgan fingerprint density at radius 2 is 1.80 bits per heavy atom. The summed E-state index contributed by atoms with van der Waals surface area (Å²) in [5.41, 5.74) is 9.06. The molecule has 1 aromatic rings. The van der Waals surface area contributed by atoms with Gasteiger partial charge in [0.1, 0.15) is 0 Å². The van der Waals surface area contributed by atoms with Crippen LogP contribution in [-0.2, 0) is 0 Å². The molecule has 0 spiro atoms. The average molecular weight is 203 g/mol. The number of rotatable bonds is 2. The van der Waals surface area contributed by atoms with Gasteiger partial charge < -0.3 is 5.73 Å². The molecular weight excluding hydrogens is 182 g/mol. The normalized spacial score (nSPS) is 20.1. The molecule has 1 atom stereocenters. The molecule has 1 unspecified atom stereocenters. The molecular formula is C14H21N. The predicted octanol–water partition coefficient (Wildman–Crippen LogP) is 3.58. The van der Waals surface area contributed by atoms with Crippen LogP contribution in [-0.4, -0.2) is 0 Å². The number of hydrogen-bond donors (Lipinski definition) is 1. The molecule has 0 saturated heterocycles. The number of benzene rings is 1. The Bertz CT molecular complexity index is 313. The highest BCUT2D eigenvalue weighted by Gasteiger charge is 2.22. The summed E-state index contributed by atoms with van der Waals surface area (Å²) in [6, 6.07) is 8.80. The molecule has 0 aliphatic heterocycles. The highest BCUT2D eigenvalue weighted by Crippen LogP contribution is 2.33. The van der Waals surface area contributed by atoms with Crippen LogP contribution in [0.2, 0.25) is 0 Å². The summed E-state index contributed by atoms with van der Waals surface area (Å²) in [6.45, 7) is 2.16. The maximum atomic E-state index is 6.37. The number of nitrogens with two attached hydrogens (primary N) is 1. The minimum absolute atomic E-state index is 0.256. The summed E-state index contributed by atoms with van der Waals surface area (Å²) in [5, 5.41) is 0. The highest BCUT2D eigenvalue weighted by atomic mass is 14.7. The van der Waals surface area contributed by atoms with Crippen molar-refractivity contribution in [3.8, 4) is 0 Å². The lowest BCUT2D eigenvalue weighted by molar-refractivity contribution is 0.307. The second-order valence-corrected chi connectivity index (χ2v) is 4.78. The maximum Gasteiger partial charge on any atom is 0.0326 e. The van der Waals surface area contributed by atoms with Crippen LogP contribution in [0.4, 0.5) is 0 Å². The van der Waals surface area contributed by atoms with Gasteiger partial charge in [0.25, 0.3) is 0 Å². The zero-order valence-corrected chi connectivity index (χ0v) is 9.58.